The second-order valence-electron chi connectivity index (χ2n) is 5.83. The smallest absolute Gasteiger partial charge is 0.142 e. The molecule has 0 aliphatic heterocycles. The number of halogens is 1. The number of hydrogen-bond donors (Lipinski definition) is 0. The van der Waals surface area contributed by atoms with Gasteiger partial charge in [-0.15, -0.1) is 0 Å². The molecule has 25 heavy (non-hydrogen) atoms. The summed E-state index contributed by atoms with van der Waals surface area (Å²) in [4.78, 5) is 4.81. The summed E-state index contributed by atoms with van der Waals surface area (Å²) in [5.74, 6) is 0.893. The maximum absolute atomic E-state index is 6.42. The Labute approximate surface area is 152 Å². The van der Waals surface area contributed by atoms with E-state index in [9.17, 15) is 0 Å². The molecule has 0 spiro atoms. The van der Waals surface area contributed by atoms with Crippen molar-refractivity contribution in [2.45, 2.75) is 6.54 Å². The van der Waals surface area contributed by atoms with Gasteiger partial charge in [0.2, 0.25) is 0 Å². The topological polar surface area (TPSA) is 17.8 Å². The van der Waals surface area contributed by atoms with Crippen LogP contribution in [0.2, 0.25) is 5.02 Å². The molecule has 2 nitrogen and oxygen atoms in total. The lowest BCUT2D eigenvalue weighted by atomic mass is 10.2. The van der Waals surface area contributed by atoms with Crippen molar-refractivity contribution in [1.82, 2.24) is 9.55 Å². The molecule has 4 aromatic rings. The van der Waals surface area contributed by atoms with Gasteiger partial charge in [0.1, 0.15) is 5.82 Å². The number of hydrogen-bond acceptors (Lipinski definition) is 1. The van der Waals surface area contributed by atoms with E-state index in [2.05, 4.69) is 34.9 Å². The SMILES string of the molecule is Clc1ccccc1-c1nc2ccccc2n1C/C=C/c1ccccc1. The molecule has 0 aliphatic carbocycles. The van der Waals surface area contributed by atoms with Crippen molar-refractivity contribution in [2.75, 3.05) is 0 Å². The monoisotopic (exact) mass is 344 g/mol. The standard InChI is InChI=1S/C22H17ClN2/c23-19-13-5-4-12-18(19)22-24-20-14-6-7-15-21(20)25(22)16-8-11-17-9-2-1-3-10-17/h1-15H,16H2/b11-8+. The quantitative estimate of drug-likeness (QED) is 0.439. The predicted octanol–water partition coefficient (Wildman–Crippen LogP) is 6.07. The average Bonchev–Trinajstić information content (AvgIpc) is 3.02. The zero-order chi connectivity index (χ0) is 17.1. The Balaban J connectivity index is 1.77. The number of imidazole rings is 1. The number of rotatable bonds is 4. The van der Waals surface area contributed by atoms with Gasteiger partial charge in [0.15, 0.2) is 0 Å². The van der Waals surface area contributed by atoms with Gasteiger partial charge < -0.3 is 4.57 Å². The molecule has 0 N–H and O–H groups in total. The molecule has 0 amide bonds. The van der Waals surface area contributed by atoms with Crippen LogP contribution in [-0.4, -0.2) is 9.55 Å². The number of para-hydroxylation sites is 2. The fraction of sp³-hybridized carbons (Fsp3) is 0.0455. The molecule has 0 fully saturated rings. The van der Waals surface area contributed by atoms with Crippen LogP contribution in [0.4, 0.5) is 0 Å². The number of allylic oxidation sites excluding steroid dienone is 1. The van der Waals surface area contributed by atoms with Crippen molar-refractivity contribution in [2.24, 2.45) is 0 Å². The van der Waals surface area contributed by atoms with E-state index in [4.69, 9.17) is 16.6 Å². The molecule has 122 valence electrons. The molecule has 0 radical (unpaired) electrons. The van der Waals surface area contributed by atoms with E-state index in [1.165, 1.54) is 5.56 Å². The summed E-state index contributed by atoms with van der Waals surface area (Å²) >= 11 is 6.42. The van der Waals surface area contributed by atoms with Gasteiger partial charge in [-0.3, -0.25) is 0 Å². The number of benzene rings is 3. The Hall–Kier alpha value is -2.84. The Bertz CT molecular complexity index is 1030. The van der Waals surface area contributed by atoms with Gasteiger partial charge in [0.25, 0.3) is 0 Å². The third kappa shape index (κ3) is 3.21. The minimum Gasteiger partial charge on any atom is -0.320 e. The maximum atomic E-state index is 6.42. The van der Waals surface area contributed by atoms with Crippen molar-refractivity contribution in [1.29, 1.82) is 0 Å². The van der Waals surface area contributed by atoms with Crippen LogP contribution in [-0.2, 0) is 6.54 Å². The first-order chi connectivity index (χ1) is 12.3. The van der Waals surface area contributed by atoms with E-state index >= 15 is 0 Å². The second-order valence-corrected chi connectivity index (χ2v) is 6.23. The highest BCUT2D eigenvalue weighted by Gasteiger charge is 2.13. The molecule has 3 aromatic carbocycles. The summed E-state index contributed by atoms with van der Waals surface area (Å²) < 4.78 is 2.20. The summed E-state index contributed by atoms with van der Waals surface area (Å²) in [6, 6.07) is 26.3. The third-order valence-corrected chi connectivity index (χ3v) is 4.50. The van der Waals surface area contributed by atoms with Gasteiger partial charge in [-0.2, -0.15) is 0 Å². The molecule has 3 heteroatoms. The number of nitrogens with zero attached hydrogens (tertiary/aromatic N) is 2. The lowest BCUT2D eigenvalue weighted by Gasteiger charge is -2.08. The molecule has 0 unspecified atom stereocenters. The first-order valence-corrected chi connectivity index (χ1v) is 8.62. The maximum Gasteiger partial charge on any atom is 0.142 e. The van der Waals surface area contributed by atoms with E-state index in [0.717, 1.165) is 29.0 Å². The molecule has 4 rings (SSSR count). The normalized spacial score (nSPS) is 11.4. The van der Waals surface area contributed by atoms with Crippen molar-refractivity contribution in [3.63, 3.8) is 0 Å². The molecular formula is C22H17ClN2. The molecule has 0 saturated carbocycles. The minimum atomic E-state index is 0.714. The van der Waals surface area contributed by atoms with Crippen LogP contribution in [0.15, 0.2) is 84.9 Å². The van der Waals surface area contributed by atoms with Crippen molar-refractivity contribution < 1.29 is 0 Å². The van der Waals surface area contributed by atoms with E-state index in [0.29, 0.717) is 5.02 Å². The largest absolute Gasteiger partial charge is 0.320 e. The van der Waals surface area contributed by atoms with Gasteiger partial charge in [-0.1, -0.05) is 78.4 Å². The molecule has 0 bridgehead atoms. The highest BCUT2D eigenvalue weighted by molar-refractivity contribution is 6.33. The average molecular weight is 345 g/mol. The highest BCUT2D eigenvalue weighted by atomic mass is 35.5. The lowest BCUT2D eigenvalue weighted by Crippen LogP contribution is -1.99. The van der Waals surface area contributed by atoms with E-state index in [1.54, 1.807) is 0 Å². The van der Waals surface area contributed by atoms with Crippen LogP contribution < -0.4 is 0 Å². The summed E-state index contributed by atoms with van der Waals surface area (Å²) in [6.45, 7) is 0.732. The van der Waals surface area contributed by atoms with E-state index < -0.39 is 0 Å². The van der Waals surface area contributed by atoms with Gasteiger partial charge in [0.05, 0.1) is 16.1 Å². The summed E-state index contributed by atoms with van der Waals surface area (Å²) in [5.41, 5.74) is 4.22. The van der Waals surface area contributed by atoms with Gasteiger partial charge in [-0.25, -0.2) is 4.98 Å². The lowest BCUT2D eigenvalue weighted by molar-refractivity contribution is 0.863. The third-order valence-electron chi connectivity index (χ3n) is 4.17. The molecular weight excluding hydrogens is 328 g/mol. The molecule has 1 heterocycles. The number of fused-ring (bicyclic) bond motifs is 1. The molecule has 0 atom stereocenters. The van der Waals surface area contributed by atoms with Crippen LogP contribution in [0.3, 0.4) is 0 Å². The van der Waals surface area contributed by atoms with Gasteiger partial charge in [0, 0.05) is 12.1 Å². The van der Waals surface area contributed by atoms with Crippen LogP contribution in [0.1, 0.15) is 5.56 Å². The Morgan fingerprint density at radius 2 is 1.56 bits per heavy atom. The molecule has 0 aliphatic rings. The van der Waals surface area contributed by atoms with Crippen LogP contribution >= 0.6 is 11.6 Å². The Morgan fingerprint density at radius 3 is 2.40 bits per heavy atom. The minimum absolute atomic E-state index is 0.714. The number of aromatic nitrogens is 2. The van der Waals surface area contributed by atoms with E-state index in [-0.39, 0.29) is 0 Å². The van der Waals surface area contributed by atoms with Crippen LogP contribution in [0.25, 0.3) is 28.5 Å². The van der Waals surface area contributed by atoms with Crippen LogP contribution in [0, 0.1) is 0 Å². The Kier molecular flexibility index (Phi) is 4.36. The first kappa shape index (κ1) is 15.7. The van der Waals surface area contributed by atoms with E-state index in [1.807, 2.05) is 60.7 Å². The zero-order valence-corrected chi connectivity index (χ0v) is 14.4. The summed E-state index contributed by atoms with van der Waals surface area (Å²) in [6.07, 6.45) is 4.29. The second kappa shape index (κ2) is 6.96. The first-order valence-electron chi connectivity index (χ1n) is 8.25. The van der Waals surface area contributed by atoms with Gasteiger partial charge >= 0.3 is 0 Å². The van der Waals surface area contributed by atoms with Crippen LogP contribution in [0.5, 0.6) is 0 Å². The van der Waals surface area contributed by atoms with Gasteiger partial charge in [-0.05, 0) is 29.8 Å². The highest BCUT2D eigenvalue weighted by Crippen LogP contribution is 2.30. The molecule has 0 saturated heterocycles. The summed E-state index contributed by atoms with van der Waals surface area (Å²) in [5, 5.41) is 0.714. The van der Waals surface area contributed by atoms with Crippen molar-refractivity contribution in [3.05, 3.63) is 95.5 Å². The fourth-order valence-corrected chi connectivity index (χ4v) is 3.19. The predicted molar refractivity (Wildman–Crippen MR) is 106 cm³/mol. The van der Waals surface area contributed by atoms with Crippen molar-refractivity contribution >= 4 is 28.7 Å². The molecule has 1 aromatic heterocycles. The Morgan fingerprint density at radius 1 is 0.840 bits per heavy atom. The van der Waals surface area contributed by atoms with Crippen molar-refractivity contribution in [3.8, 4) is 11.4 Å². The fourth-order valence-electron chi connectivity index (χ4n) is 2.97. The zero-order valence-electron chi connectivity index (χ0n) is 13.6. The summed E-state index contributed by atoms with van der Waals surface area (Å²) in [7, 11) is 0.